The Balaban J connectivity index is 2.00. The molecule has 3 rings (SSSR count). The molecule has 1 heterocycles. The molecule has 0 radical (unpaired) electrons. The predicted molar refractivity (Wildman–Crippen MR) is 77.8 cm³/mol. The van der Waals surface area contributed by atoms with E-state index >= 15 is 0 Å². The van der Waals surface area contributed by atoms with Crippen LogP contribution in [0.25, 0.3) is 10.8 Å². The molecule has 4 nitrogen and oxygen atoms in total. The fourth-order valence-corrected chi connectivity index (χ4v) is 2.29. The summed E-state index contributed by atoms with van der Waals surface area (Å²) in [6.07, 6.45) is 0. The average Bonchev–Trinajstić information content (AvgIpc) is 2.65. The molecule has 2 amide bonds. The van der Waals surface area contributed by atoms with Gasteiger partial charge in [0.15, 0.2) is 0 Å². The standard InChI is InChI=1S/C16H14N2O2/c1-10-11(2)16(20)18(15(10)19)17-14-9-5-7-12-6-3-4-8-13(12)14/h3-9,17H,1-2H3. The number of fused-ring (bicyclic) bond motifs is 1. The summed E-state index contributed by atoms with van der Waals surface area (Å²) >= 11 is 0. The maximum atomic E-state index is 12.1. The first kappa shape index (κ1) is 12.4. The lowest BCUT2D eigenvalue weighted by atomic mass is 10.1. The van der Waals surface area contributed by atoms with Gasteiger partial charge in [0, 0.05) is 16.5 Å². The number of benzene rings is 2. The van der Waals surface area contributed by atoms with Gasteiger partial charge in [0.2, 0.25) is 0 Å². The summed E-state index contributed by atoms with van der Waals surface area (Å²) in [7, 11) is 0. The first-order chi connectivity index (χ1) is 9.59. The first-order valence-electron chi connectivity index (χ1n) is 6.40. The van der Waals surface area contributed by atoms with Crippen molar-refractivity contribution in [1.29, 1.82) is 0 Å². The Labute approximate surface area is 116 Å². The van der Waals surface area contributed by atoms with Crippen LogP contribution < -0.4 is 5.43 Å². The lowest BCUT2D eigenvalue weighted by Gasteiger charge is -2.18. The summed E-state index contributed by atoms with van der Waals surface area (Å²) in [6, 6.07) is 13.6. The molecule has 4 heteroatoms. The van der Waals surface area contributed by atoms with E-state index in [1.54, 1.807) is 13.8 Å². The fourth-order valence-electron chi connectivity index (χ4n) is 2.29. The topological polar surface area (TPSA) is 49.4 Å². The number of nitrogens with zero attached hydrogens (tertiary/aromatic N) is 1. The highest BCUT2D eigenvalue weighted by molar-refractivity contribution is 6.19. The van der Waals surface area contributed by atoms with Crippen LogP contribution in [0.2, 0.25) is 0 Å². The van der Waals surface area contributed by atoms with Crippen molar-refractivity contribution < 1.29 is 9.59 Å². The van der Waals surface area contributed by atoms with Gasteiger partial charge in [-0.1, -0.05) is 36.4 Å². The maximum Gasteiger partial charge on any atom is 0.275 e. The van der Waals surface area contributed by atoms with E-state index < -0.39 is 0 Å². The minimum atomic E-state index is -0.291. The van der Waals surface area contributed by atoms with Crippen LogP contribution >= 0.6 is 0 Å². The summed E-state index contributed by atoms with van der Waals surface area (Å²) in [4.78, 5) is 24.1. The van der Waals surface area contributed by atoms with Gasteiger partial charge in [-0.15, -0.1) is 0 Å². The lowest BCUT2D eigenvalue weighted by Crippen LogP contribution is -2.36. The molecule has 0 aromatic heterocycles. The molecular formula is C16H14N2O2. The van der Waals surface area contributed by atoms with Gasteiger partial charge in [-0.3, -0.25) is 15.0 Å². The highest BCUT2D eigenvalue weighted by Crippen LogP contribution is 2.26. The monoisotopic (exact) mass is 266 g/mol. The molecular weight excluding hydrogens is 252 g/mol. The van der Waals surface area contributed by atoms with Crippen LogP contribution in [0, 0.1) is 0 Å². The largest absolute Gasteiger partial charge is 0.288 e. The van der Waals surface area contributed by atoms with Gasteiger partial charge >= 0.3 is 0 Å². The molecule has 1 aliphatic heterocycles. The summed E-state index contributed by atoms with van der Waals surface area (Å²) < 4.78 is 0. The van der Waals surface area contributed by atoms with Crippen LogP contribution in [0.15, 0.2) is 53.6 Å². The zero-order valence-corrected chi connectivity index (χ0v) is 11.3. The second-order valence-electron chi connectivity index (χ2n) is 4.83. The summed E-state index contributed by atoms with van der Waals surface area (Å²) in [5.74, 6) is -0.583. The van der Waals surface area contributed by atoms with Crippen molar-refractivity contribution in [1.82, 2.24) is 5.01 Å². The molecule has 2 aromatic carbocycles. The smallest absolute Gasteiger partial charge is 0.275 e. The van der Waals surface area contributed by atoms with E-state index in [9.17, 15) is 9.59 Å². The molecule has 0 saturated heterocycles. The number of imide groups is 1. The lowest BCUT2D eigenvalue weighted by molar-refractivity contribution is -0.135. The number of anilines is 1. The second-order valence-corrected chi connectivity index (χ2v) is 4.83. The summed E-state index contributed by atoms with van der Waals surface area (Å²) in [5.41, 5.74) is 4.66. The van der Waals surface area contributed by atoms with Gasteiger partial charge in [-0.05, 0) is 25.3 Å². The van der Waals surface area contributed by atoms with Crippen molar-refractivity contribution in [3.63, 3.8) is 0 Å². The zero-order valence-electron chi connectivity index (χ0n) is 11.3. The SMILES string of the molecule is CC1=C(C)C(=O)N(Nc2cccc3ccccc23)C1=O. The second kappa shape index (κ2) is 4.49. The van der Waals surface area contributed by atoms with Crippen LogP contribution in [0.3, 0.4) is 0 Å². The Hall–Kier alpha value is -2.62. The zero-order chi connectivity index (χ0) is 14.3. The van der Waals surface area contributed by atoms with Gasteiger partial charge in [0.25, 0.3) is 11.8 Å². The Morgan fingerprint density at radius 3 is 2.15 bits per heavy atom. The Morgan fingerprint density at radius 2 is 1.45 bits per heavy atom. The predicted octanol–water partition coefficient (Wildman–Crippen LogP) is 2.87. The third-order valence-corrected chi connectivity index (χ3v) is 3.63. The highest BCUT2D eigenvalue weighted by Gasteiger charge is 2.33. The molecule has 0 atom stereocenters. The van der Waals surface area contributed by atoms with Crippen molar-refractivity contribution in [2.75, 3.05) is 5.43 Å². The number of hydrogen-bond donors (Lipinski definition) is 1. The third-order valence-electron chi connectivity index (χ3n) is 3.63. The number of carbonyl (C=O) groups excluding carboxylic acids is 2. The van der Waals surface area contributed by atoms with E-state index in [-0.39, 0.29) is 11.8 Å². The molecule has 0 bridgehead atoms. The average molecular weight is 266 g/mol. The number of rotatable bonds is 2. The summed E-state index contributed by atoms with van der Waals surface area (Å²) in [6.45, 7) is 3.33. The van der Waals surface area contributed by atoms with Crippen molar-refractivity contribution >= 4 is 28.3 Å². The van der Waals surface area contributed by atoms with Gasteiger partial charge in [-0.25, -0.2) is 0 Å². The Morgan fingerprint density at radius 1 is 0.850 bits per heavy atom. The minimum Gasteiger partial charge on any atom is -0.288 e. The maximum absolute atomic E-state index is 12.1. The van der Waals surface area contributed by atoms with Crippen LogP contribution in [0.4, 0.5) is 5.69 Å². The van der Waals surface area contributed by atoms with Crippen LogP contribution in [0.5, 0.6) is 0 Å². The molecule has 0 fully saturated rings. The molecule has 2 aromatic rings. The summed E-state index contributed by atoms with van der Waals surface area (Å²) in [5, 5.41) is 3.10. The van der Waals surface area contributed by atoms with Crippen molar-refractivity contribution in [3.8, 4) is 0 Å². The fraction of sp³-hybridized carbons (Fsp3) is 0.125. The van der Waals surface area contributed by atoms with E-state index in [0.29, 0.717) is 11.1 Å². The van der Waals surface area contributed by atoms with Crippen LogP contribution in [-0.4, -0.2) is 16.8 Å². The van der Waals surface area contributed by atoms with Gasteiger partial charge in [-0.2, -0.15) is 5.01 Å². The molecule has 1 N–H and O–H groups in total. The van der Waals surface area contributed by atoms with E-state index in [1.165, 1.54) is 0 Å². The van der Waals surface area contributed by atoms with Crippen LogP contribution in [-0.2, 0) is 9.59 Å². The Kier molecular flexibility index (Phi) is 2.79. The van der Waals surface area contributed by atoms with Crippen molar-refractivity contribution in [3.05, 3.63) is 53.6 Å². The van der Waals surface area contributed by atoms with Crippen molar-refractivity contribution in [2.24, 2.45) is 0 Å². The minimum absolute atomic E-state index is 0.291. The number of amides is 2. The normalized spacial score (nSPS) is 15.4. The molecule has 20 heavy (non-hydrogen) atoms. The molecule has 1 aliphatic rings. The highest BCUT2D eigenvalue weighted by atomic mass is 16.2. The van der Waals surface area contributed by atoms with E-state index in [0.717, 1.165) is 21.5 Å². The number of nitrogens with one attached hydrogen (secondary N) is 1. The van der Waals surface area contributed by atoms with E-state index in [1.807, 2.05) is 42.5 Å². The van der Waals surface area contributed by atoms with Gasteiger partial charge in [0.05, 0.1) is 5.69 Å². The Bertz CT molecular complexity index is 733. The quantitative estimate of drug-likeness (QED) is 0.850. The molecule has 0 saturated carbocycles. The number of carbonyl (C=O) groups is 2. The molecule has 0 aliphatic carbocycles. The third kappa shape index (κ3) is 1.77. The molecule has 0 unspecified atom stereocenters. The van der Waals surface area contributed by atoms with E-state index in [4.69, 9.17) is 0 Å². The number of hydrazine groups is 1. The molecule has 0 spiro atoms. The molecule has 100 valence electrons. The number of hydrogen-bond acceptors (Lipinski definition) is 3. The van der Waals surface area contributed by atoms with Crippen LogP contribution in [0.1, 0.15) is 13.8 Å². The first-order valence-corrected chi connectivity index (χ1v) is 6.40. The van der Waals surface area contributed by atoms with Crippen molar-refractivity contribution in [2.45, 2.75) is 13.8 Å². The van der Waals surface area contributed by atoms with E-state index in [2.05, 4.69) is 5.43 Å². The van der Waals surface area contributed by atoms with Gasteiger partial charge < -0.3 is 0 Å². The van der Waals surface area contributed by atoms with Gasteiger partial charge in [0.1, 0.15) is 0 Å².